The Labute approximate surface area is 728 Å². The largest absolute Gasteiger partial charge is 0.472 e. The summed E-state index contributed by atoms with van der Waals surface area (Å²) in [7, 11) is -9.81. The summed E-state index contributed by atoms with van der Waals surface area (Å²) < 4.78 is 61.5. The third-order valence-corrected chi connectivity index (χ3v) is 22.7. The van der Waals surface area contributed by atoms with Crippen LogP contribution in [0.2, 0.25) is 0 Å². The Kier molecular flexibility index (Phi) is 89.5. The van der Waals surface area contributed by atoms with Crippen LogP contribution in [0, 0.1) is 0 Å². The van der Waals surface area contributed by atoms with Gasteiger partial charge in [-0.05, 0) is 141 Å². The van der Waals surface area contributed by atoms with E-state index in [4.69, 9.17) is 32.3 Å². The van der Waals surface area contributed by atoms with Crippen LogP contribution in [0.4, 0.5) is 0 Å². The van der Waals surface area contributed by atoms with Gasteiger partial charge in [0, 0.05) is 19.3 Å². The van der Waals surface area contributed by atoms with Gasteiger partial charge in [0.1, 0.15) is 25.4 Å². The van der Waals surface area contributed by atoms with Gasteiger partial charge in [-0.1, -0.05) is 405 Å². The van der Waals surface area contributed by atoms with E-state index in [0.717, 1.165) is 141 Å². The lowest BCUT2D eigenvalue weighted by atomic mass is 10.0. The molecule has 16 nitrogen and oxygen atoms in total. The zero-order chi connectivity index (χ0) is 86.5. The molecule has 5 atom stereocenters. The number of phosphoric ester groups is 2. The molecule has 0 saturated heterocycles. The normalized spacial score (nSPS) is 14.3. The number of hydrogen-bond donors (Lipinski definition) is 4. The molecule has 0 saturated carbocycles. The highest BCUT2D eigenvalue weighted by Gasteiger charge is 2.30. The number of carbonyl (C=O) groups excluding carboxylic acids is 3. The molecule has 0 amide bonds. The minimum Gasteiger partial charge on any atom is -0.463 e. The third-order valence-electron chi connectivity index (χ3n) is 20.8. The molecular weight excluding hydrogens is 1530 g/mol. The molecule has 5 unspecified atom stereocenters. The summed E-state index contributed by atoms with van der Waals surface area (Å²) in [6, 6.07) is 0. The summed E-state index contributed by atoms with van der Waals surface area (Å²) >= 11 is 0. The Balaban J connectivity index is 4.44. The Bertz CT molecular complexity index is 2690. The first-order valence-electron chi connectivity index (χ1n) is 48.5. The Hall–Kier alpha value is -4.31. The lowest BCUT2D eigenvalue weighted by Crippen LogP contribution is -2.30. The van der Waals surface area contributed by atoms with Crippen LogP contribution in [-0.2, 0) is 55.8 Å². The van der Waals surface area contributed by atoms with Crippen molar-refractivity contribution < 1.29 is 75.8 Å². The summed E-state index contributed by atoms with van der Waals surface area (Å²) in [5, 5.41) is 20.7. The summed E-state index contributed by atoms with van der Waals surface area (Å²) in [6.07, 6.45) is 117. The first kappa shape index (κ1) is 115. The van der Waals surface area contributed by atoms with Gasteiger partial charge < -0.3 is 34.2 Å². The molecule has 0 radical (unpaired) electrons. The molecule has 0 aromatic carbocycles. The van der Waals surface area contributed by atoms with Crippen LogP contribution >= 0.6 is 15.6 Å². The Morgan fingerprint density at radius 2 is 0.445 bits per heavy atom. The second-order valence-electron chi connectivity index (χ2n) is 32.5. The highest BCUT2D eigenvalue weighted by molar-refractivity contribution is 7.47. The average Bonchev–Trinajstić information content (AvgIpc) is 0.898. The monoisotopic (exact) mass is 1710 g/mol. The van der Waals surface area contributed by atoms with Crippen molar-refractivity contribution in [2.45, 2.75) is 450 Å². The predicted molar refractivity (Wildman–Crippen MR) is 500 cm³/mol. The minimum absolute atomic E-state index is 0.0931. The fraction of sp³-hybridized carbons (Fsp3) is 0.752. The zero-order valence-electron chi connectivity index (χ0n) is 76.0. The molecule has 119 heavy (non-hydrogen) atoms. The quantitative estimate of drug-likeness (QED) is 0.0146. The van der Waals surface area contributed by atoms with E-state index in [0.29, 0.717) is 19.3 Å². The Morgan fingerprint density at radius 3 is 0.706 bits per heavy atom. The number of aliphatic hydroxyl groups is 2. The van der Waals surface area contributed by atoms with Crippen molar-refractivity contribution in [1.29, 1.82) is 0 Å². The van der Waals surface area contributed by atoms with Gasteiger partial charge >= 0.3 is 33.6 Å². The van der Waals surface area contributed by atoms with Crippen molar-refractivity contribution in [2.24, 2.45) is 0 Å². The number of aliphatic hydroxyl groups excluding tert-OH is 2. The van der Waals surface area contributed by atoms with Crippen molar-refractivity contribution in [3.63, 3.8) is 0 Å². The van der Waals surface area contributed by atoms with Crippen molar-refractivity contribution >= 4 is 33.6 Å². The Morgan fingerprint density at radius 1 is 0.244 bits per heavy atom. The topological polar surface area (TPSA) is 231 Å². The molecule has 0 rings (SSSR count). The highest BCUT2D eigenvalue weighted by atomic mass is 31.2. The lowest BCUT2D eigenvalue weighted by Gasteiger charge is -2.21. The first-order valence-corrected chi connectivity index (χ1v) is 51.5. The van der Waals surface area contributed by atoms with Crippen molar-refractivity contribution in [3.05, 3.63) is 134 Å². The van der Waals surface area contributed by atoms with E-state index in [1.165, 1.54) is 231 Å². The summed E-state index contributed by atoms with van der Waals surface area (Å²) in [6.45, 7) is 2.58. The molecule has 0 aliphatic rings. The van der Waals surface area contributed by atoms with E-state index in [1.807, 2.05) is 0 Å². The molecule has 4 N–H and O–H groups in total. The molecule has 0 heterocycles. The van der Waals surface area contributed by atoms with E-state index in [2.05, 4.69) is 154 Å². The number of hydrogen-bond acceptors (Lipinski definition) is 14. The molecule has 0 spiro atoms. The van der Waals surface area contributed by atoms with Crippen molar-refractivity contribution in [2.75, 3.05) is 39.6 Å². The zero-order valence-corrected chi connectivity index (χ0v) is 77.8. The number of ether oxygens (including phenoxy) is 3. The van der Waals surface area contributed by atoms with Crippen LogP contribution in [0.5, 0.6) is 0 Å². The number of carbonyl (C=O) groups is 3. The van der Waals surface area contributed by atoms with Crippen LogP contribution in [0.3, 0.4) is 0 Å². The van der Waals surface area contributed by atoms with E-state index < -0.39 is 91.5 Å². The van der Waals surface area contributed by atoms with Gasteiger partial charge in [0.25, 0.3) is 0 Å². The third kappa shape index (κ3) is 94.2. The van der Waals surface area contributed by atoms with E-state index in [1.54, 1.807) is 0 Å². The fourth-order valence-corrected chi connectivity index (χ4v) is 15.1. The predicted octanol–water partition coefficient (Wildman–Crippen LogP) is 30.1. The first-order chi connectivity index (χ1) is 58.2. The molecule has 18 heteroatoms. The van der Waals surface area contributed by atoms with Gasteiger partial charge in [0.05, 0.1) is 26.4 Å². The van der Waals surface area contributed by atoms with Gasteiger partial charge in [-0.15, -0.1) is 0 Å². The second kappa shape index (κ2) is 92.9. The summed E-state index contributed by atoms with van der Waals surface area (Å²) in [5.74, 6) is -1.57. The lowest BCUT2D eigenvalue weighted by molar-refractivity contribution is -0.161. The van der Waals surface area contributed by atoms with Gasteiger partial charge in [-0.2, -0.15) is 0 Å². The van der Waals surface area contributed by atoms with Crippen LogP contribution in [0.25, 0.3) is 0 Å². The highest BCUT2D eigenvalue weighted by Crippen LogP contribution is 2.45. The van der Waals surface area contributed by atoms with Crippen LogP contribution in [0.15, 0.2) is 134 Å². The van der Waals surface area contributed by atoms with E-state index >= 15 is 0 Å². The number of unbranched alkanes of at least 4 members (excludes halogenated alkanes) is 47. The number of phosphoric acid groups is 2. The molecule has 688 valence electrons. The minimum atomic E-state index is -4.94. The van der Waals surface area contributed by atoms with Crippen LogP contribution in [0.1, 0.15) is 432 Å². The fourth-order valence-electron chi connectivity index (χ4n) is 13.5. The molecule has 0 aromatic rings. The van der Waals surface area contributed by atoms with Gasteiger partial charge in [0.15, 0.2) is 6.10 Å². The van der Waals surface area contributed by atoms with Crippen LogP contribution in [-0.4, -0.2) is 95.9 Å². The van der Waals surface area contributed by atoms with Gasteiger partial charge in [-0.25, -0.2) is 9.13 Å². The maximum Gasteiger partial charge on any atom is 0.472 e. The van der Waals surface area contributed by atoms with E-state index in [-0.39, 0.29) is 19.3 Å². The number of allylic oxidation sites excluding steroid dienone is 22. The summed E-state index contributed by atoms with van der Waals surface area (Å²) in [4.78, 5) is 59.0. The molecule has 0 bridgehead atoms. The van der Waals surface area contributed by atoms with Crippen molar-refractivity contribution in [3.8, 4) is 0 Å². The standard InChI is InChI=1S/C101H178O16P2/c1-4-7-10-13-16-19-22-25-28-31-33-35-37-39-41-43-45-46-47-48-50-52-53-55-57-59-61-64-66-69-72-75-78-81-84-87-99(104)111-90-96(102)91-113-118(107,108)114-92-97(103)93-115-119(109,110)116-95-98(117-101(106)89-86-83-80-77-74-71-68-63-30-27-24-21-18-15-12-9-6-3)94-112-100(105)88-85-82-79-76-73-70-67-65-62-60-58-56-54-51-49-44-42-40-38-36-34-32-29-26-23-20-17-14-11-8-5-2/h9,12,16-21,25-30,33-36,39-42,96-98,102-103H,4-8,10-11,13-15,22-24,31-32,37-38,43-95H2,1-3H3,(H,107,108)(H,109,110)/b12-9-,19-16-,20-17-,21-18-,28-25-,29-26-,30-27-,35-33-,36-34-,41-39-,42-40-. The molecule has 0 aliphatic carbocycles. The smallest absolute Gasteiger partial charge is 0.463 e. The second-order valence-corrected chi connectivity index (χ2v) is 35.4. The van der Waals surface area contributed by atoms with Crippen molar-refractivity contribution in [1.82, 2.24) is 0 Å². The maximum atomic E-state index is 13.0. The van der Waals surface area contributed by atoms with Gasteiger partial charge in [0.2, 0.25) is 0 Å². The van der Waals surface area contributed by atoms with Crippen LogP contribution < -0.4 is 0 Å². The number of rotatable bonds is 92. The number of esters is 3. The average molecular weight is 1710 g/mol. The molecule has 0 aromatic heterocycles. The molecule has 0 fully saturated rings. The maximum absolute atomic E-state index is 13.0. The molecular formula is C101H178O16P2. The SMILES string of the molecule is CC/C=C\C/C=C\C/C=C\CCCCCCCCCC(=O)OC(COC(=O)CCCCCCCCCCCCCCCCC/C=C\C/C=C\C/C=C\C/C=C\CCCCC)COP(=O)(O)OCC(O)COP(=O)(O)OCC(O)COC(=O)CCCCCCCCCCCCCCCCCCCCC/C=C\C/C=C\C/C=C\C/C=C\CCCCC. The van der Waals surface area contributed by atoms with Gasteiger partial charge in [-0.3, -0.25) is 32.5 Å². The molecule has 0 aliphatic heterocycles. The summed E-state index contributed by atoms with van der Waals surface area (Å²) in [5.41, 5.74) is 0. The van der Waals surface area contributed by atoms with E-state index in [9.17, 15) is 43.5 Å².